The van der Waals surface area contributed by atoms with Gasteiger partial charge in [0, 0.05) is 24.9 Å². The van der Waals surface area contributed by atoms with E-state index in [1.165, 1.54) is 0 Å². The van der Waals surface area contributed by atoms with Crippen LogP contribution in [0, 0.1) is 5.41 Å². The molecule has 0 spiro atoms. The first-order chi connectivity index (χ1) is 13.4. The highest BCUT2D eigenvalue weighted by atomic mass is 16.5. The molecule has 28 heavy (non-hydrogen) atoms. The molecule has 0 bridgehead atoms. The van der Waals surface area contributed by atoms with E-state index in [-0.39, 0.29) is 5.41 Å². The minimum atomic E-state index is 0.0297. The molecule has 0 amide bonds. The van der Waals surface area contributed by atoms with Crippen molar-refractivity contribution < 1.29 is 13.9 Å². The summed E-state index contributed by atoms with van der Waals surface area (Å²) in [5, 5.41) is 5.29. The van der Waals surface area contributed by atoms with Crippen LogP contribution in [0.5, 0.6) is 11.8 Å². The van der Waals surface area contributed by atoms with Crippen LogP contribution < -0.4 is 15.2 Å². The predicted octanol–water partition coefficient (Wildman–Crippen LogP) is 3.30. The van der Waals surface area contributed by atoms with E-state index >= 15 is 0 Å². The van der Waals surface area contributed by atoms with E-state index in [1.807, 2.05) is 18.2 Å². The van der Waals surface area contributed by atoms with E-state index in [0.717, 1.165) is 5.39 Å². The molecule has 4 rings (SSSR count). The van der Waals surface area contributed by atoms with E-state index < -0.39 is 0 Å². The van der Waals surface area contributed by atoms with Crippen molar-refractivity contribution in [3.63, 3.8) is 0 Å². The summed E-state index contributed by atoms with van der Waals surface area (Å²) < 4.78 is 19.2. The van der Waals surface area contributed by atoms with Crippen molar-refractivity contribution in [3.05, 3.63) is 36.7 Å². The van der Waals surface area contributed by atoms with Gasteiger partial charge in [-0.15, -0.1) is 5.10 Å². The van der Waals surface area contributed by atoms with E-state index in [0.29, 0.717) is 54.2 Å². The predicted molar refractivity (Wildman–Crippen MR) is 105 cm³/mol. The second-order valence-electron chi connectivity index (χ2n) is 7.71. The maximum atomic E-state index is 6.03. The number of rotatable bonds is 6. The van der Waals surface area contributed by atoms with E-state index in [2.05, 4.69) is 35.8 Å². The van der Waals surface area contributed by atoms with Gasteiger partial charge in [0.2, 0.25) is 11.8 Å². The third-order valence-corrected chi connectivity index (χ3v) is 4.01. The minimum Gasteiger partial charge on any atom is -0.477 e. The van der Waals surface area contributed by atoms with Crippen molar-refractivity contribution >= 4 is 16.6 Å². The zero-order chi connectivity index (χ0) is 19.7. The lowest BCUT2D eigenvalue weighted by atomic mass is 9.99. The fourth-order valence-corrected chi connectivity index (χ4v) is 2.73. The number of aromatic nitrogens is 4. The van der Waals surface area contributed by atoms with Crippen molar-refractivity contribution in [3.8, 4) is 23.2 Å². The maximum absolute atomic E-state index is 6.03. The van der Waals surface area contributed by atoms with Gasteiger partial charge < -0.3 is 19.6 Å². The molecule has 146 valence electrons. The summed E-state index contributed by atoms with van der Waals surface area (Å²) in [6.07, 6.45) is 3.40. The Bertz CT molecular complexity index is 1110. The topological polar surface area (TPSA) is 101 Å². The van der Waals surface area contributed by atoms with Crippen LogP contribution in [0.2, 0.25) is 0 Å². The normalized spacial score (nSPS) is 12.0. The number of hydrogen-bond donors (Lipinski definition) is 1. The highest BCUT2D eigenvalue weighted by Crippen LogP contribution is 2.33. The van der Waals surface area contributed by atoms with Crippen LogP contribution in [0.25, 0.3) is 28.1 Å². The van der Waals surface area contributed by atoms with Gasteiger partial charge >= 0.3 is 0 Å². The Morgan fingerprint density at radius 1 is 1.14 bits per heavy atom. The van der Waals surface area contributed by atoms with Crippen LogP contribution in [0.3, 0.4) is 0 Å². The van der Waals surface area contributed by atoms with Gasteiger partial charge in [0.1, 0.15) is 17.9 Å². The number of furan rings is 1. The van der Waals surface area contributed by atoms with Crippen molar-refractivity contribution in [1.29, 1.82) is 0 Å². The molecule has 0 unspecified atom stereocenters. The standard InChI is InChI=1S/C20H23N5O3/c1-20(2,3)12-27-19-13-10-16(28-15(13)6-8-22-19)14-11-23-17-4-5-18(24-25(14)17)26-9-7-21/h4-6,8,10-11H,7,9,12,21H2,1-3H3. The quantitative estimate of drug-likeness (QED) is 0.547. The fraction of sp³-hybridized carbons (Fsp3) is 0.350. The number of nitrogens with zero attached hydrogens (tertiary/aromatic N) is 4. The molecule has 0 fully saturated rings. The maximum Gasteiger partial charge on any atom is 0.231 e. The smallest absolute Gasteiger partial charge is 0.231 e. The molecule has 0 atom stereocenters. The largest absolute Gasteiger partial charge is 0.477 e. The zero-order valence-corrected chi connectivity index (χ0v) is 16.2. The summed E-state index contributed by atoms with van der Waals surface area (Å²) in [4.78, 5) is 8.75. The molecule has 0 aliphatic carbocycles. The highest BCUT2D eigenvalue weighted by molar-refractivity contribution is 5.86. The lowest BCUT2D eigenvalue weighted by Gasteiger charge is -2.18. The van der Waals surface area contributed by atoms with E-state index in [9.17, 15) is 0 Å². The number of imidazole rings is 1. The second kappa shape index (κ2) is 7.12. The number of ether oxygens (including phenoxy) is 2. The molecule has 0 radical (unpaired) electrons. The first-order valence-corrected chi connectivity index (χ1v) is 9.14. The molecule has 0 aromatic carbocycles. The summed E-state index contributed by atoms with van der Waals surface area (Å²) in [7, 11) is 0. The average Bonchev–Trinajstić information content (AvgIpc) is 3.27. The lowest BCUT2D eigenvalue weighted by Crippen LogP contribution is -2.17. The van der Waals surface area contributed by atoms with Crippen LogP contribution in [-0.2, 0) is 0 Å². The molecular weight excluding hydrogens is 358 g/mol. The first kappa shape index (κ1) is 18.2. The van der Waals surface area contributed by atoms with Crippen molar-refractivity contribution in [2.45, 2.75) is 20.8 Å². The van der Waals surface area contributed by atoms with E-state index in [1.54, 1.807) is 23.0 Å². The molecule has 0 aliphatic heterocycles. The average molecular weight is 381 g/mol. The number of nitrogens with two attached hydrogens (primary N) is 1. The molecule has 4 aromatic rings. The monoisotopic (exact) mass is 381 g/mol. The first-order valence-electron chi connectivity index (χ1n) is 9.14. The lowest BCUT2D eigenvalue weighted by molar-refractivity contribution is 0.193. The summed E-state index contributed by atoms with van der Waals surface area (Å²) in [5.74, 6) is 1.65. The van der Waals surface area contributed by atoms with Crippen molar-refractivity contribution in [2.75, 3.05) is 19.8 Å². The van der Waals surface area contributed by atoms with Crippen molar-refractivity contribution in [2.24, 2.45) is 11.1 Å². The molecular formula is C20H23N5O3. The van der Waals surface area contributed by atoms with Gasteiger partial charge in [0.15, 0.2) is 11.4 Å². The fourth-order valence-electron chi connectivity index (χ4n) is 2.73. The Morgan fingerprint density at radius 3 is 2.79 bits per heavy atom. The van der Waals surface area contributed by atoms with Crippen LogP contribution >= 0.6 is 0 Å². The second-order valence-corrected chi connectivity index (χ2v) is 7.71. The highest BCUT2D eigenvalue weighted by Gasteiger charge is 2.18. The van der Waals surface area contributed by atoms with Crippen LogP contribution in [0.15, 0.2) is 41.1 Å². The van der Waals surface area contributed by atoms with Gasteiger partial charge in [-0.2, -0.15) is 0 Å². The molecule has 0 saturated heterocycles. The van der Waals surface area contributed by atoms with E-state index in [4.69, 9.17) is 19.6 Å². The number of fused-ring (bicyclic) bond motifs is 2. The summed E-state index contributed by atoms with van der Waals surface area (Å²) in [5.41, 5.74) is 7.62. The van der Waals surface area contributed by atoms with Crippen LogP contribution in [0.1, 0.15) is 20.8 Å². The SMILES string of the molecule is CC(C)(C)COc1nccc2oc(-c3cnc4ccc(OCCN)nn34)cc12. The molecule has 0 aliphatic rings. The Kier molecular flexibility index (Phi) is 4.64. The van der Waals surface area contributed by atoms with Crippen LogP contribution in [0.4, 0.5) is 0 Å². The molecule has 4 heterocycles. The summed E-state index contributed by atoms with van der Waals surface area (Å²) in [6, 6.07) is 7.32. The van der Waals surface area contributed by atoms with Gasteiger partial charge in [-0.3, -0.25) is 0 Å². The Hall–Kier alpha value is -3.13. The summed E-state index contributed by atoms with van der Waals surface area (Å²) >= 11 is 0. The van der Waals surface area contributed by atoms with Gasteiger partial charge in [-0.1, -0.05) is 20.8 Å². The molecule has 8 heteroatoms. The summed E-state index contributed by atoms with van der Waals surface area (Å²) in [6.45, 7) is 7.71. The Balaban J connectivity index is 1.73. The Morgan fingerprint density at radius 2 is 2.00 bits per heavy atom. The molecule has 2 N–H and O–H groups in total. The van der Waals surface area contributed by atoms with Gasteiger partial charge in [-0.25, -0.2) is 14.5 Å². The number of pyridine rings is 1. The van der Waals surface area contributed by atoms with Crippen LogP contribution in [-0.4, -0.2) is 39.3 Å². The molecule has 0 saturated carbocycles. The van der Waals surface area contributed by atoms with Gasteiger partial charge in [0.25, 0.3) is 0 Å². The third-order valence-electron chi connectivity index (χ3n) is 4.01. The van der Waals surface area contributed by atoms with Gasteiger partial charge in [0.05, 0.1) is 18.2 Å². The van der Waals surface area contributed by atoms with Crippen molar-refractivity contribution in [1.82, 2.24) is 19.6 Å². The third kappa shape index (κ3) is 3.63. The minimum absolute atomic E-state index is 0.0297. The molecule has 4 aromatic heterocycles. The van der Waals surface area contributed by atoms with Gasteiger partial charge in [-0.05, 0) is 17.5 Å². The Labute approximate surface area is 162 Å². The zero-order valence-electron chi connectivity index (χ0n) is 16.2. The number of hydrogen-bond acceptors (Lipinski definition) is 7. The molecule has 8 nitrogen and oxygen atoms in total.